The van der Waals surface area contributed by atoms with Gasteiger partial charge in [-0.05, 0) is 158 Å². The van der Waals surface area contributed by atoms with Gasteiger partial charge in [0.25, 0.3) is 0 Å². The van der Waals surface area contributed by atoms with Gasteiger partial charge in [-0.1, -0.05) is 85.9 Å². The van der Waals surface area contributed by atoms with Gasteiger partial charge in [-0.15, -0.1) is 0 Å². The summed E-state index contributed by atoms with van der Waals surface area (Å²) in [5.41, 5.74) is 10.6. The first-order chi connectivity index (χ1) is 62.0. The van der Waals surface area contributed by atoms with Crippen molar-refractivity contribution in [1.29, 1.82) is 0 Å². The molecule has 4 aromatic heterocycles. The number of rotatable bonds is 20. The SMILES string of the molecule is C=CC(=O)N1CCN(c2nc(OC[C@@H]3CC(C)(F)CN3C)nc3c2CCN(c2c(C)c(C)cc4[nH]ccc24)C3)CC1.S.[C-]#[N+]C[C@H]1CN(c2nc(OC[C@@H]3CC(C)(F)CN3C)nc3c2CCN(c2cccc4cccc(C)c24)C3)CCN1C(=O)C=C.[C-]#[N+]C[C@H]1CN(c2nc(OC[C@@H]3CC(C)(F)CN3C)nc3c2CCN(c2cccc4cccc(Cl)c24)C3)CCN1C(=O)C=C. The number of nitrogens with zero attached hydrogens (tertiary/aromatic N) is 20. The molecular formula is C98H119ClF3N21O6S. The molecule has 9 aromatic rings. The quantitative estimate of drug-likeness (QED) is 0.0554. The van der Waals surface area contributed by atoms with Crippen LogP contribution in [0.25, 0.3) is 42.1 Å². The molecule has 0 saturated carbocycles. The average Bonchev–Trinajstić information content (AvgIpc) is 1.12. The van der Waals surface area contributed by atoms with E-state index < -0.39 is 17.0 Å². The summed E-state index contributed by atoms with van der Waals surface area (Å²) in [6, 6.07) is 29.4. The largest absolute Gasteiger partial charge is 0.462 e. The predicted molar refractivity (Wildman–Crippen MR) is 512 cm³/mol. The van der Waals surface area contributed by atoms with Gasteiger partial charge in [-0.25, -0.2) is 26.3 Å². The van der Waals surface area contributed by atoms with Gasteiger partial charge in [0.1, 0.15) is 66.4 Å². The summed E-state index contributed by atoms with van der Waals surface area (Å²) in [6.45, 7) is 49.5. The Hall–Kier alpha value is -11.5. The van der Waals surface area contributed by atoms with E-state index in [0.29, 0.717) is 155 Å². The number of benzene rings is 5. The fourth-order valence-corrected chi connectivity index (χ4v) is 21.0. The second-order valence-electron chi connectivity index (χ2n) is 36.8. The maximum Gasteiger partial charge on any atom is 0.318 e. The first-order valence-corrected chi connectivity index (χ1v) is 45.3. The van der Waals surface area contributed by atoms with Crippen LogP contribution in [0, 0.1) is 33.9 Å². The van der Waals surface area contributed by atoms with Crippen LogP contribution in [0.2, 0.25) is 5.02 Å². The Kier molecular flexibility index (Phi) is 28.2. The molecular weight excluding hydrogens is 1690 g/mol. The van der Waals surface area contributed by atoms with Crippen LogP contribution in [0.4, 0.5) is 47.7 Å². The van der Waals surface area contributed by atoms with Crippen molar-refractivity contribution in [2.75, 3.05) is 188 Å². The number of aromatic nitrogens is 7. The number of likely N-dealkylation sites (tertiary alicyclic amines) is 3. The summed E-state index contributed by atoms with van der Waals surface area (Å²) in [6.07, 6.45) is 9.46. The van der Waals surface area contributed by atoms with Crippen LogP contribution in [-0.2, 0) is 53.3 Å². The Labute approximate surface area is 771 Å². The smallest absolute Gasteiger partial charge is 0.318 e. The van der Waals surface area contributed by atoms with Crippen LogP contribution in [0.1, 0.15) is 90.5 Å². The summed E-state index contributed by atoms with van der Waals surface area (Å²) in [4.78, 5) is 102. The molecule has 6 saturated heterocycles. The summed E-state index contributed by atoms with van der Waals surface area (Å²) in [5, 5.41) is 6.45. The highest BCUT2D eigenvalue weighted by Crippen LogP contribution is 2.43. The number of amides is 3. The van der Waals surface area contributed by atoms with Crippen molar-refractivity contribution >= 4 is 110 Å². The number of likely N-dealkylation sites (N-methyl/N-ethyl adjacent to an activating group) is 3. The molecule has 686 valence electrons. The number of nitrogens with one attached hydrogen (secondary N) is 1. The predicted octanol–water partition coefficient (Wildman–Crippen LogP) is 13.1. The Balaban J connectivity index is 0.000000149. The van der Waals surface area contributed by atoms with Crippen molar-refractivity contribution in [2.45, 2.75) is 147 Å². The van der Waals surface area contributed by atoms with Crippen molar-refractivity contribution in [1.82, 2.24) is 64.3 Å². The number of anilines is 6. The van der Waals surface area contributed by atoms with Gasteiger partial charge in [0, 0.05) is 204 Å². The molecule has 0 spiro atoms. The second kappa shape index (κ2) is 39.3. The molecule has 3 amide bonds. The van der Waals surface area contributed by atoms with E-state index in [-0.39, 0.29) is 93.1 Å². The van der Waals surface area contributed by atoms with Crippen molar-refractivity contribution in [3.8, 4) is 18.0 Å². The topological polar surface area (TPSA) is 220 Å². The number of piperazine rings is 3. The number of carbonyl (C=O) groups is 3. The standard InChI is InChI=1S/C34H40FN7O2.C33H37ClFN7O2.C31H40FN7O2.H2S/c1-6-30(43)42-16-15-41(19-26(42)18-36-4)32-27-13-14-40(29-12-8-11-24-10-7-9-23(2)31(24)29)20-28(27)37-33(38-32)44-21-25-17-34(3,35)22-39(25)5;1-5-29(43)42-15-14-41(18-24(42)17-36-3)31-25-12-13-40(28-11-7-9-22-8-6-10-26(34)30(22)28)19-27(25)37-32(38-31)44-20-23-16-33(2,35)21-39(23)4;1-6-27(40)37-11-13-38(14-12-37)29-24-8-10-39(28-21(3)20(2)15-25-23(28)7-9-33-25)17-26(24)34-30(35-29)41-18-22-16-31(4,32)19-36(22)5;/h6-12,25-26H,1,13-22H2,2-3,5H3;5-11,23-24H,1,12-21H2,2,4H3;6-7,9,15,22,33H,1,8,10-14,16-19H2,2-5H3;1H2/t25-,26-,34?;23-,24-,33?;22-,31?;/m000./s1. The molecule has 8 atom stereocenters. The van der Waals surface area contributed by atoms with Crippen molar-refractivity contribution < 1.29 is 41.8 Å². The maximum absolute atomic E-state index is 14.7. The van der Waals surface area contributed by atoms with Crippen LogP contribution >= 0.6 is 25.1 Å². The molecule has 13 heterocycles. The van der Waals surface area contributed by atoms with E-state index in [1.165, 1.54) is 62.5 Å². The number of H-pyrrole nitrogens is 1. The second-order valence-corrected chi connectivity index (χ2v) is 37.2. The summed E-state index contributed by atoms with van der Waals surface area (Å²) in [5.74, 6) is 2.09. The van der Waals surface area contributed by atoms with Crippen molar-refractivity contribution in [3.05, 3.63) is 207 Å². The Bertz CT molecular complexity index is 5590. The first kappa shape index (κ1) is 93.2. The van der Waals surface area contributed by atoms with E-state index in [0.717, 1.165) is 106 Å². The van der Waals surface area contributed by atoms with Gasteiger partial charge in [-0.3, -0.25) is 29.1 Å². The zero-order valence-electron chi connectivity index (χ0n) is 76.0. The van der Waals surface area contributed by atoms with Crippen LogP contribution in [-0.4, -0.2) is 288 Å². The van der Waals surface area contributed by atoms with E-state index >= 15 is 0 Å². The lowest BCUT2D eigenvalue weighted by Gasteiger charge is -2.41. The lowest BCUT2D eigenvalue weighted by atomic mass is 9.99. The molecule has 5 aromatic carbocycles. The average molecular weight is 1810 g/mol. The van der Waals surface area contributed by atoms with Gasteiger partial charge in [0.05, 0.1) is 41.7 Å². The number of hydrogen-bond acceptors (Lipinski definition) is 21. The Morgan fingerprint density at radius 3 is 1.33 bits per heavy atom. The molecule has 6 fully saturated rings. The van der Waals surface area contributed by atoms with E-state index in [4.69, 9.17) is 68.9 Å². The third-order valence-corrected chi connectivity index (χ3v) is 27.6. The van der Waals surface area contributed by atoms with Gasteiger partial charge in [0.15, 0.2) is 0 Å². The molecule has 32 heteroatoms. The number of carbonyl (C=O) groups excluding carboxylic acids is 3. The Morgan fingerprint density at radius 1 is 0.500 bits per heavy atom. The highest BCUT2D eigenvalue weighted by Gasteiger charge is 2.45. The highest BCUT2D eigenvalue weighted by atomic mass is 35.5. The van der Waals surface area contributed by atoms with Crippen molar-refractivity contribution in [2.24, 2.45) is 0 Å². The zero-order valence-corrected chi connectivity index (χ0v) is 77.8. The number of ether oxygens (including phenoxy) is 3. The third kappa shape index (κ3) is 20.0. The number of halogens is 4. The molecule has 1 N–H and O–H groups in total. The zero-order chi connectivity index (χ0) is 90.9. The molecule has 9 aliphatic rings. The molecule has 18 rings (SSSR count). The van der Waals surface area contributed by atoms with Crippen LogP contribution in [0.15, 0.2) is 129 Å². The lowest BCUT2D eigenvalue weighted by molar-refractivity contribution is -0.129. The molecule has 3 unspecified atom stereocenters. The van der Waals surface area contributed by atoms with E-state index in [2.05, 4.69) is 151 Å². The number of hydrogen-bond donors (Lipinski definition) is 1. The van der Waals surface area contributed by atoms with E-state index in [1.807, 2.05) is 65.1 Å². The summed E-state index contributed by atoms with van der Waals surface area (Å²) >= 11 is 6.69. The summed E-state index contributed by atoms with van der Waals surface area (Å²) in [7, 11) is 5.77. The number of alkyl halides is 3. The number of fused-ring (bicyclic) bond motifs is 6. The molecule has 0 radical (unpaired) electrons. The molecule has 130 heavy (non-hydrogen) atoms. The fraction of sp³-hybridized carbons (Fsp3) is 0.480. The highest BCUT2D eigenvalue weighted by molar-refractivity contribution is 7.59. The minimum atomic E-state index is -1.26. The number of aromatic amines is 1. The van der Waals surface area contributed by atoms with Gasteiger partial charge in [-0.2, -0.15) is 43.4 Å². The first-order valence-electron chi connectivity index (χ1n) is 44.9. The normalized spacial score (nSPS) is 23.5. The molecule has 0 aliphatic carbocycles. The lowest BCUT2D eigenvalue weighted by Crippen LogP contribution is -2.56. The van der Waals surface area contributed by atoms with Gasteiger partial charge < -0.3 is 73.0 Å². The van der Waals surface area contributed by atoms with Crippen LogP contribution < -0.4 is 43.6 Å². The van der Waals surface area contributed by atoms with Crippen LogP contribution in [0.3, 0.4) is 0 Å². The fourth-order valence-electron chi connectivity index (χ4n) is 20.7. The Morgan fingerprint density at radius 2 is 0.900 bits per heavy atom. The van der Waals surface area contributed by atoms with Crippen LogP contribution in [0.5, 0.6) is 18.0 Å². The molecule has 27 nitrogen and oxygen atoms in total. The third-order valence-electron chi connectivity index (χ3n) is 27.3. The summed E-state index contributed by atoms with van der Waals surface area (Å²) < 4.78 is 62.8. The monoisotopic (exact) mass is 1810 g/mol. The van der Waals surface area contributed by atoms with Crippen molar-refractivity contribution in [3.63, 3.8) is 0 Å². The van der Waals surface area contributed by atoms with E-state index in [1.54, 1.807) is 30.6 Å². The number of aryl methyl sites for hydroxylation is 2. The maximum atomic E-state index is 14.7. The van der Waals surface area contributed by atoms with E-state index in [9.17, 15) is 27.6 Å². The minimum Gasteiger partial charge on any atom is -0.462 e. The molecule has 9 aliphatic heterocycles. The van der Waals surface area contributed by atoms with Gasteiger partial charge in [0.2, 0.25) is 30.8 Å². The van der Waals surface area contributed by atoms with Gasteiger partial charge >= 0.3 is 18.0 Å². The minimum absolute atomic E-state index is 0. The molecule has 0 bridgehead atoms.